The summed E-state index contributed by atoms with van der Waals surface area (Å²) >= 11 is 0. The highest BCUT2D eigenvalue weighted by atomic mass is 32.2. The first-order valence-corrected chi connectivity index (χ1v) is 9.29. The van der Waals surface area contributed by atoms with Crippen LogP contribution in [0.15, 0.2) is 41.3 Å². The molecule has 0 unspecified atom stereocenters. The summed E-state index contributed by atoms with van der Waals surface area (Å²) in [6.07, 6.45) is -0.0884. The number of benzene rings is 2. The Morgan fingerprint density at radius 3 is 2.27 bits per heavy atom. The van der Waals surface area contributed by atoms with Crippen LogP contribution in [0.25, 0.3) is 0 Å². The molecular formula is C17H19F3N2O3S. The molecule has 0 spiro atoms. The number of rotatable bonds is 8. The van der Waals surface area contributed by atoms with E-state index >= 15 is 0 Å². The maximum absolute atomic E-state index is 13.8. The summed E-state index contributed by atoms with van der Waals surface area (Å²) in [6, 6.07) is 6.53. The number of aryl methyl sites for hydroxylation is 1. The Hall–Kier alpha value is -1.94. The molecule has 0 radical (unpaired) electrons. The van der Waals surface area contributed by atoms with Gasteiger partial charge >= 0.3 is 0 Å². The average molecular weight is 388 g/mol. The molecule has 0 saturated heterocycles. The highest BCUT2D eigenvalue weighted by molar-refractivity contribution is 7.89. The van der Waals surface area contributed by atoms with Gasteiger partial charge in [-0.3, -0.25) is 0 Å². The molecule has 0 heterocycles. The first kappa shape index (κ1) is 20.4. The van der Waals surface area contributed by atoms with Crippen LogP contribution in [0.3, 0.4) is 0 Å². The minimum atomic E-state index is -3.88. The van der Waals surface area contributed by atoms with Crippen LogP contribution >= 0.6 is 0 Å². The second kappa shape index (κ2) is 8.63. The van der Waals surface area contributed by atoms with Gasteiger partial charge < -0.3 is 5.11 Å². The second-order valence-corrected chi connectivity index (χ2v) is 7.52. The van der Waals surface area contributed by atoms with Crippen LogP contribution in [-0.2, 0) is 16.4 Å². The van der Waals surface area contributed by atoms with Crippen molar-refractivity contribution in [1.82, 2.24) is 10.3 Å². The highest BCUT2D eigenvalue weighted by Crippen LogP contribution is 2.16. The highest BCUT2D eigenvalue weighted by Gasteiger charge is 2.19. The third kappa shape index (κ3) is 5.28. The van der Waals surface area contributed by atoms with E-state index in [1.165, 1.54) is 12.1 Å². The maximum atomic E-state index is 13.8. The van der Waals surface area contributed by atoms with Gasteiger partial charge in [0.1, 0.15) is 5.82 Å². The topological polar surface area (TPSA) is 78.4 Å². The largest absolute Gasteiger partial charge is 0.396 e. The van der Waals surface area contributed by atoms with Gasteiger partial charge in [0.25, 0.3) is 10.0 Å². The van der Waals surface area contributed by atoms with Gasteiger partial charge in [-0.05, 0) is 43.5 Å². The van der Waals surface area contributed by atoms with Crippen molar-refractivity contribution in [3.05, 3.63) is 65.0 Å². The Kier molecular flexibility index (Phi) is 6.76. The van der Waals surface area contributed by atoms with E-state index in [0.717, 1.165) is 5.56 Å². The van der Waals surface area contributed by atoms with Crippen LogP contribution in [0, 0.1) is 24.4 Å². The number of aliphatic hydroxyl groups excluding tert-OH is 1. The quantitative estimate of drug-likeness (QED) is 0.479. The molecule has 2 rings (SSSR count). The molecule has 3 N–H and O–H groups in total. The molecule has 26 heavy (non-hydrogen) atoms. The van der Waals surface area contributed by atoms with Crippen LogP contribution in [0.5, 0.6) is 0 Å². The van der Waals surface area contributed by atoms with Crippen molar-refractivity contribution in [1.29, 1.82) is 0 Å². The van der Waals surface area contributed by atoms with Crippen LogP contribution in [-0.4, -0.2) is 26.2 Å². The van der Waals surface area contributed by atoms with Gasteiger partial charge in [0, 0.05) is 18.7 Å². The molecule has 0 bridgehead atoms. The van der Waals surface area contributed by atoms with E-state index in [2.05, 4.69) is 10.3 Å². The van der Waals surface area contributed by atoms with E-state index in [1.54, 1.807) is 12.1 Å². The molecule has 0 aliphatic rings. The summed E-state index contributed by atoms with van der Waals surface area (Å²) in [4.78, 5) is 2.19. The van der Waals surface area contributed by atoms with Crippen LogP contribution in [0.1, 0.15) is 17.5 Å². The lowest BCUT2D eigenvalue weighted by molar-refractivity contribution is 0.260. The van der Waals surface area contributed by atoms with E-state index in [9.17, 15) is 21.6 Å². The molecule has 0 aliphatic heterocycles. The SMILES string of the molecule is Cc1ccc(S(=O)(=O)NN[C@@H](CCO)Cc2cc(F)c(F)cc2F)cc1. The average Bonchev–Trinajstić information content (AvgIpc) is 2.58. The van der Waals surface area contributed by atoms with Gasteiger partial charge in [0.15, 0.2) is 11.6 Å². The van der Waals surface area contributed by atoms with Crippen LogP contribution in [0.4, 0.5) is 13.2 Å². The summed E-state index contributed by atoms with van der Waals surface area (Å²) in [5.74, 6) is -3.46. The summed E-state index contributed by atoms with van der Waals surface area (Å²) in [5, 5.41) is 9.11. The lowest BCUT2D eigenvalue weighted by atomic mass is 10.0. The minimum Gasteiger partial charge on any atom is -0.396 e. The van der Waals surface area contributed by atoms with Crippen molar-refractivity contribution in [3.8, 4) is 0 Å². The Balaban J connectivity index is 2.11. The lowest BCUT2D eigenvalue weighted by Crippen LogP contribution is -2.45. The Labute approximate surface area is 149 Å². The lowest BCUT2D eigenvalue weighted by Gasteiger charge is -2.19. The first-order valence-electron chi connectivity index (χ1n) is 7.81. The molecule has 0 aromatic heterocycles. The van der Waals surface area contributed by atoms with Gasteiger partial charge in [-0.25, -0.2) is 27.0 Å². The number of hydrogen-bond donors (Lipinski definition) is 3. The number of aliphatic hydroxyl groups is 1. The molecule has 0 amide bonds. The third-order valence-electron chi connectivity index (χ3n) is 3.76. The number of hydrogen-bond acceptors (Lipinski definition) is 4. The molecule has 142 valence electrons. The van der Waals surface area contributed by atoms with E-state index in [-0.39, 0.29) is 29.9 Å². The van der Waals surface area contributed by atoms with E-state index in [4.69, 9.17) is 5.11 Å². The number of nitrogens with one attached hydrogen (secondary N) is 2. The fourth-order valence-electron chi connectivity index (χ4n) is 2.30. The number of sulfonamides is 1. The van der Waals surface area contributed by atoms with Gasteiger partial charge in [0.2, 0.25) is 0 Å². The molecule has 2 aromatic carbocycles. The van der Waals surface area contributed by atoms with Gasteiger partial charge in [-0.2, -0.15) is 0 Å². The van der Waals surface area contributed by atoms with E-state index < -0.39 is 33.5 Å². The summed E-state index contributed by atoms with van der Waals surface area (Å²) < 4.78 is 64.6. The van der Waals surface area contributed by atoms with E-state index in [0.29, 0.717) is 12.1 Å². The van der Waals surface area contributed by atoms with Crippen molar-refractivity contribution in [2.24, 2.45) is 0 Å². The molecule has 0 fully saturated rings. The molecular weight excluding hydrogens is 369 g/mol. The van der Waals surface area contributed by atoms with Gasteiger partial charge in [-0.1, -0.05) is 17.7 Å². The van der Waals surface area contributed by atoms with Crippen molar-refractivity contribution in [2.75, 3.05) is 6.61 Å². The molecule has 2 aromatic rings. The van der Waals surface area contributed by atoms with Crippen LogP contribution in [0.2, 0.25) is 0 Å². The fraction of sp³-hybridized carbons (Fsp3) is 0.294. The molecule has 0 saturated carbocycles. The summed E-state index contributed by atoms with van der Waals surface area (Å²) in [6.45, 7) is 1.50. The predicted molar refractivity (Wildman–Crippen MR) is 90.1 cm³/mol. The Morgan fingerprint density at radius 2 is 1.65 bits per heavy atom. The summed E-state index contributed by atoms with van der Waals surface area (Å²) in [5.41, 5.74) is 3.26. The van der Waals surface area contributed by atoms with Crippen molar-refractivity contribution in [2.45, 2.75) is 30.7 Å². The fourth-order valence-corrected chi connectivity index (χ4v) is 3.24. The zero-order valence-corrected chi connectivity index (χ0v) is 14.8. The molecule has 0 aliphatic carbocycles. The van der Waals surface area contributed by atoms with Gasteiger partial charge in [0.05, 0.1) is 4.90 Å². The first-order chi connectivity index (χ1) is 12.2. The second-order valence-electron chi connectivity index (χ2n) is 5.83. The van der Waals surface area contributed by atoms with Crippen molar-refractivity contribution < 1.29 is 26.7 Å². The van der Waals surface area contributed by atoms with Crippen molar-refractivity contribution >= 4 is 10.0 Å². The molecule has 9 heteroatoms. The monoisotopic (exact) mass is 388 g/mol. The smallest absolute Gasteiger partial charge is 0.253 e. The number of hydrazine groups is 1. The third-order valence-corrected chi connectivity index (χ3v) is 5.04. The standard InChI is InChI=1S/C17H19F3N2O3S/c1-11-2-4-14(5-3-11)26(24,25)22-21-13(6-7-23)8-12-9-16(19)17(20)10-15(12)18/h2-5,9-10,13,21-23H,6-8H2,1H3/t13-/m0/s1. The summed E-state index contributed by atoms with van der Waals surface area (Å²) in [7, 11) is -3.88. The zero-order valence-electron chi connectivity index (χ0n) is 14.0. The maximum Gasteiger partial charge on any atom is 0.253 e. The molecule has 5 nitrogen and oxygen atoms in total. The predicted octanol–water partition coefficient (Wildman–Crippen LogP) is 2.19. The zero-order chi connectivity index (χ0) is 19.3. The molecule has 1 atom stereocenters. The van der Waals surface area contributed by atoms with Crippen LogP contribution < -0.4 is 10.3 Å². The minimum absolute atomic E-state index is 0.0253. The van der Waals surface area contributed by atoms with E-state index in [1.807, 2.05) is 6.92 Å². The Bertz CT molecular complexity index is 858. The normalized spacial score (nSPS) is 13.0. The number of halogens is 3. The Morgan fingerprint density at radius 1 is 1.04 bits per heavy atom. The van der Waals surface area contributed by atoms with Gasteiger partial charge in [-0.15, -0.1) is 4.83 Å². The van der Waals surface area contributed by atoms with Crippen molar-refractivity contribution in [3.63, 3.8) is 0 Å².